The fraction of sp³-hybridized carbons (Fsp3) is 0.333. The summed E-state index contributed by atoms with van der Waals surface area (Å²) < 4.78 is 0. The number of benzene rings is 1. The van der Waals surface area contributed by atoms with Gasteiger partial charge in [-0.2, -0.15) is 0 Å². The summed E-state index contributed by atoms with van der Waals surface area (Å²) in [6.45, 7) is 6.01. The van der Waals surface area contributed by atoms with Crippen LogP contribution in [0.15, 0.2) is 29.4 Å². The monoisotopic (exact) mass is 484 g/mol. The minimum Gasteiger partial charge on any atom is -0.357 e. The van der Waals surface area contributed by atoms with Crippen LogP contribution in [0.25, 0.3) is 0 Å². The van der Waals surface area contributed by atoms with Gasteiger partial charge >= 0.3 is 0 Å². The van der Waals surface area contributed by atoms with E-state index in [0.717, 1.165) is 23.1 Å². The Morgan fingerprint density at radius 3 is 2.70 bits per heavy atom. The Morgan fingerprint density at radius 2 is 2.09 bits per heavy atom. The standard InChI is InChI=1S/C15H18Cl2N4S.HI/c1-3-18-15(21-9-13-8-19-10(2)22-13)20-7-11-4-5-12(16)6-14(11)17;/h4-6,8H,3,7,9H2,1-2H3,(H2,18,20,21);1H. The van der Waals surface area contributed by atoms with Crippen LogP contribution in [-0.2, 0) is 13.1 Å². The molecule has 0 atom stereocenters. The molecule has 1 aromatic heterocycles. The quantitative estimate of drug-likeness (QED) is 0.369. The molecule has 0 aliphatic heterocycles. The summed E-state index contributed by atoms with van der Waals surface area (Å²) in [5, 5.41) is 8.83. The lowest BCUT2D eigenvalue weighted by molar-refractivity contribution is 0.822. The van der Waals surface area contributed by atoms with Crippen LogP contribution < -0.4 is 10.6 Å². The van der Waals surface area contributed by atoms with E-state index in [1.165, 1.54) is 4.88 Å². The zero-order valence-electron chi connectivity index (χ0n) is 12.9. The third kappa shape index (κ3) is 6.82. The van der Waals surface area contributed by atoms with Crippen LogP contribution in [0.4, 0.5) is 0 Å². The summed E-state index contributed by atoms with van der Waals surface area (Å²) in [5.41, 5.74) is 0.942. The number of halogens is 3. The van der Waals surface area contributed by atoms with Crippen molar-refractivity contribution in [2.75, 3.05) is 6.54 Å². The van der Waals surface area contributed by atoms with E-state index < -0.39 is 0 Å². The number of aliphatic imine (C=N–C) groups is 1. The molecule has 23 heavy (non-hydrogen) atoms. The Bertz CT molecular complexity index is 661. The summed E-state index contributed by atoms with van der Waals surface area (Å²) in [6, 6.07) is 5.44. The lowest BCUT2D eigenvalue weighted by atomic mass is 10.2. The third-order valence-electron chi connectivity index (χ3n) is 2.87. The molecule has 0 aliphatic rings. The summed E-state index contributed by atoms with van der Waals surface area (Å²) in [4.78, 5) is 9.96. The van der Waals surface area contributed by atoms with E-state index in [1.807, 2.05) is 32.2 Å². The molecule has 2 aromatic rings. The highest BCUT2D eigenvalue weighted by Crippen LogP contribution is 2.21. The van der Waals surface area contributed by atoms with Gasteiger partial charge in [-0.1, -0.05) is 29.3 Å². The number of aromatic nitrogens is 1. The van der Waals surface area contributed by atoms with Crippen LogP contribution in [0.5, 0.6) is 0 Å². The molecule has 1 aromatic carbocycles. The fourth-order valence-corrected chi connectivity index (χ4v) is 3.02. The van der Waals surface area contributed by atoms with E-state index in [-0.39, 0.29) is 24.0 Å². The molecule has 0 radical (unpaired) electrons. The molecular formula is C15H19Cl2IN4S. The molecule has 126 valence electrons. The molecular weight excluding hydrogens is 466 g/mol. The smallest absolute Gasteiger partial charge is 0.191 e. The molecule has 1 heterocycles. The molecule has 0 aliphatic carbocycles. The van der Waals surface area contributed by atoms with Crippen molar-refractivity contribution >= 4 is 64.5 Å². The van der Waals surface area contributed by atoms with E-state index in [1.54, 1.807) is 17.4 Å². The zero-order valence-corrected chi connectivity index (χ0v) is 17.6. The zero-order chi connectivity index (χ0) is 15.9. The average Bonchev–Trinajstić information content (AvgIpc) is 2.89. The van der Waals surface area contributed by atoms with Gasteiger partial charge in [0.15, 0.2) is 5.96 Å². The Morgan fingerprint density at radius 1 is 1.30 bits per heavy atom. The number of hydrogen-bond donors (Lipinski definition) is 2. The van der Waals surface area contributed by atoms with Crippen molar-refractivity contribution in [3.05, 3.63) is 49.9 Å². The van der Waals surface area contributed by atoms with Crippen LogP contribution in [0.1, 0.15) is 22.4 Å². The van der Waals surface area contributed by atoms with E-state index in [4.69, 9.17) is 23.2 Å². The van der Waals surface area contributed by atoms with Crippen LogP contribution >= 0.6 is 58.5 Å². The summed E-state index contributed by atoms with van der Waals surface area (Å²) in [5.74, 6) is 0.750. The molecule has 0 spiro atoms. The van der Waals surface area contributed by atoms with E-state index in [2.05, 4.69) is 20.6 Å². The van der Waals surface area contributed by atoms with Gasteiger partial charge in [-0.15, -0.1) is 35.3 Å². The van der Waals surface area contributed by atoms with E-state index in [0.29, 0.717) is 23.1 Å². The molecule has 4 nitrogen and oxygen atoms in total. The number of nitrogens with one attached hydrogen (secondary N) is 2. The molecule has 0 saturated carbocycles. The maximum atomic E-state index is 6.16. The van der Waals surface area contributed by atoms with Gasteiger partial charge < -0.3 is 10.6 Å². The predicted molar refractivity (Wildman–Crippen MR) is 110 cm³/mol. The van der Waals surface area contributed by atoms with Gasteiger partial charge in [-0.05, 0) is 31.5 Å². The lowest BCUT2D eigenvalue weighted by Gasteiger charge is -2.10. The molecule has 0 saturated heterocycles. The number of guanidine groups is 1. The van der Waals surface area contributed by atoms with Crippen LogP contribution in [-0.4, -0.2) is 17.5 Å². The highest BCUT2D eigenvalue weighted by atomic mass is 127. The minimum absolute atomic E-state index is 0. The summed E-state index contributed by atoms with van der Waals surface area (Å²) >= 11 is 13.7. The topological polar surface area (TPSA) is 49.3 Å². The second-order valence-electron chi connectivity index (χ2n) is 4.63. The first-order chi connectivity index (χ1) is 10.6. The van der Waals surface area contributed by atoms with Crippen LogP contribution in [0.3, 0.4) is 0 Å². The molecule has 0 unspecified atom stereocenters. The lowest BCUT2D eigenvalue weighted by Crippen LogP contribution is -2.36. The van der Waals surface area contributed by atoms with Gasteiger partial charge in [0, 0.05) is 27.7 Å². The molecule has 2 N–H and O–H groups in total. The van der Waals surface area contributed by atoms with Gasteiger partial charge in [-0.25, -0.2) is 9.98 Å². The fourth-order valence-electron chi connectivity index (χ4n) is 1.81. The van der Waals surface area contributed by atoms with Crippen molar-refractivity contribution < 1.29 is 0 Å². The van der Waals surface area contributed by atoms with Crippen molar-refractivity contribution in [2.24, 2.45) is 4.99 Å². The van der Waals surface area contributed by atoms with E-state index >= 15 is 0 Å². The Kier molecular flexibility index (Phi) is 9.19. The largest absolute Gasteiger partial charge is 0.357 e. The summed E-state index contributed by atoms with van der Waals surface area (Å²) in [6.07, 6.45) is 1.88. The van der Waals surface area contributed by atoms with Gasteiger partial charge in [0.25, 0.3) is 0 Å². The van der Waals surface area contributed by atoms with Gasteiger partial charge in [0.1, 0.15) is 0 Å². The second kappa shape index (κ2) is 10.3. The van der Waals surface area contributed by atoms with Gasteiger partial charge in [0.05, 0.1) is 18.1 Å². The normalized spacial score (nSPS) is 11.0. The first kappa shape index (κ1) is 20.5. The van der Waals surface area contributed by atoms with E-state index in [9.17, 15) is 0 Å². The predicted octanol–water partition coefficient (Wildman–Crippen LogP) is 4.63. The number of nitrogens with zero attached hydrogens (tertiary/aromatic N) is 2. The third-order valence-corrected chi connectivity index (χ3v) is 4.37. The van der Waals surface area contributed by atoms with Crippen molar-refractivity contribution in [2.45, 2.75) is 26.9 Å². The maximum absolute atomic E-state index is 6.16. The van der Waals surface area contributed by atoms with Crippen molar-refractivity contribution in [3.63, 3.8) is 0 Å². The number of hydrogen-bond acceptors (Lipinski definition) is 3. The maximum Gasteiger partial charge on any atom is 0.191 e. The van der Waals surface area contributed by atoms with Crippen molar-refractivity contribution in [3.8, 4) is 0 Å². The molecule has 0 fully saturated rings. The number of thiazole rings is 1. The molecule has 2 rings (SSSR count). The average molecular weight is 485 g/mol. The first-order valence-electron chi connectivity index (χ1n) is 6.96. The van der Waals surface area contributed by atoms with Gasteiger partial charge in [-0.3, -0.25) is 0 Å². The molecule has 0 amide bonds. The Balaban J connectivity index is 0.00000264. The Labute approximate surface area is 167 Å². The highest BCUT2D eigenvalue weighted by molar-refractivity contribution is 14.0. The number of rotatable bonds is 5. The van der Waals surface area contributed by atoms with Crippen LogP contribution in [0, 0.1) is 6.92 Å². The second-order valence-corrected chi connectivity index (χ2v) is 6.79. The minimum atomic E-state index is 0. The SMILES string of the molecule is CCNC(=NCc1ccc(Cl)cc1Cl)NCc1cnc(C)s1.I. The van der Waals surface area contributed by atoms with Crippen molar-refractivity contribution in [1.82, 2.24) is 15.6 Å². The molecule has 0 bridgehead atoms. The summed E-state index contributed by atoms with van der Waals surface area (Å²) in [7, 11) is 0. The molecule has 8 heteroatoms. The number of aryl methyl sites for hydroxylation is 1. The van der Waals surface area contributed by atoms with Crippen LogP contribution in [0.2, 0.25) is 10.0 Å². The van der Waals surface area contributed by atoms with Crippen molar-refractivity contribution in [1.29, 1.82) is 0 Å². The highest BCUT2D eigenvalue weighted by Gasteiger charge is 2.03. The Hall–Kier alpha value is -0.570. The first-order valence-corrected chi connectivity index (χ1v) is 8.53. The van der Waals surface area contributed by atoms with Gasteiger partial charge in [0.2, 0.25) is 0 Å².